The zero-order chi connectivity index (χ0) is 16.3. The molecule has 1 aliphatic heterocycles. The van der Waals surface area contributed by atoms with Crippen molar-refractivity contribution in [2.24, 2.45) is 0 Å². The molecular weight excluding hydrogens is 278 g/mol. The third-order valence-electron chi connectivity index (χ3n) is 4.12. The van der Waals surface area contributed by atoms with E-state index in [1.54, 1.807) is 0 Å². The molecule has 5 nitrogen and oxygen atoms in total. The first kappa shape index (κ1) is 16.8. The number of nitrogen functional groups attached to an aromatic ring is 1. The number of anilines is 2. The van der Waals surface area contributed by atoms with Crippen LogP contribution in [0.2, 0.25) is 0 Å². The van der Waals surface area contributed by atoms with Crippen molar-refractivity contribution in [2.75, 3.05) is 24.1 Å². The van der Waals surface area contributed by atoms with Crippen LogP contribution in [-0.2, 0) is 9.53 Å². The molecule has 2 rings (SSSR count). The summed E-state index contributed by atoms with van der Waals surface area (Å²) in [7, 11) is 0. The molecule has 0 radical (unpaired) electrons. The maximum Gasteiger partial charge on any atom is 0.241 e. The fourth-order valence-corrected chi connectivity index (χ4v) is 3.03. The highest BCUT2D eigenvalue weighted by Crippen LogP contribution is 2.20. The summed E-state index contributed by atoms with van der Waals surface area (Å²) in [4.78, 5) is 14.8. The van der Waals surface area contributed by atoms with Crippen LogP contribution in [0.15, 0.2) is 18.2 Å². The number of nitrogens with two attached hydrogens (primary N) is 1. The minimum absolute atomic E-state index is 0.0204. The molecule has 5 heteroatoms. The van der Waals surface area contributed by atoms with Gasteiger partial charge in [0, 0.05) is 24.5 Å². The van der Waals surface area contributed by atoms with Gasteiger partial charge in [0.25, 0.3) is 0 Å². The Morgan fingerprint density at radius 3 is 2.59 bits per heavy atom. The zero-order valence-electron chi connectivity index (χ0n) is 13.9. The SMILES string of the molecule is CCC(C(=O)Nc1ccc(C)c(N)c1)N1CC(C)OC(C)C1. The highest BCUT2D eigenvalue weighted by Gasteiger charge is 2.31. The Hall–Kier alpha value is -1.59. The normalized spacial score (nSPS) is 24.0. The predicted molar refractivity (Wildman–Crippen MR) is 89.9 cm³/mol. The third-order valence-corrected chi connectivity index (χ3v) is 4.12. The van der Waals surface area contributed by atoms with E-state index in [2.05, 4.69) is 10.2 Å². The Labute approximate surface area is 132 Å². The summed E-state index contributed by atoms with van der Waals surface area (Å²) in [5, 5.41) is 2.99. The lowest BCUT2D eigenvalue weighted by atomic mass is 10.1. The summed E-state index contributed by atoms with van der Waals surface area (Å²) < 4.78 is 5.75. The Morgan fingerprint density at radius 2 is 2.05 bits per heavy atom. The van der Waals surface area contributed by atoms with Gasteiger partial charge in [0.15, 0.2) is 0 Å². The first-order valence-corrected chi connectivity index (χ1v) is 7.97. The molecular formula is C17H27N3O2. The number of carbonyl (C=O) groups is 1. The smallest absolute Gasteiger partial charge is 0.241 e. The van der Waals surface area contributed by atoms with Crippen LogP contribution in [0.5, 0.6) is 0 Å². The molecule has 0 bridgehead atoms. The molecule has 1 aromatic carbocycles. The minimum atomic E-state index is -0.142. The number of hydrogen-bond acceptors (Lipinski definition) is 4. The van der Waals surface area contributed by atoms with Crippen LogP contribution in [0.25, 0.3) is 0 Å². The number of hydrogen-bond donors (Lipinski definition) is 2. The van der Waals surface area contributed by atoms with Gasteiger partial charge in [-0.2, -0.15) is 0 Å². The van der Waals surface area contributed by atoms with E-state index < -0.39 is 0 Å². The molecule has 3 N–H and O–H groups in total. The van der Waals surface area contributed by atoms with Crippen molar-refractivity contribution in [1.29, 1.82) is 0 Å². The van der Waals surface area contributed by atoms with Gasteiger partial charge in [-0.3, -0.25) is 9.69 Å². The first-order valence-electron chi connectivity index (χ1n) is 7.97. The number of carbonyl (C=O) groups excluding carboxylic acids is 1. The van der Waals surface area contributed by atoms with Crippen molar-refractivity contribution < 1.29 is 9.53 Å². The van der Waals surface area contributed by atoms with Crippen molar-refractivity contribution in [1.82, 2.24) is 4.90 Å². The Kier molecular flexibility index (Phi) is 5.42. The third kappa shape index (κ3) is 3.99. The number of amides is 1. The Morgan fingerprint density at radius 1 is 1.41 bits per heavy atom. The van der Waals surface area contributed by atoms with Gasteiger partial charge in [0.1, 0.15) is 0 Å². The average molecular weight is 305 g/mol. The lowest BCUT2D eigenvalue weighted by molar-refractivity contribution is -0.128. The molecule has 22 heavy (non-hydrogen) atoms. The summed E-state index contributed by atoms with van der Waals surface area (Å²) in [6.07, 6.45) is 1.08. The lowest BCUT2D eigenvalue weighted by Crippen LogP contribution is -2.53. The first-order chi connectivity index (χ1) is 10.4. The quantitative estimate of drug-likeness (QED) is 0.838. The Balaban J connectivity index is 2.06. The van der Waals surface area contributed by atoms with Crippen molar-refractivity contribution >= 4 is 17.3 Å². The van der Waals surface area contributed by atoms with Crippen LogP contribution in [0.1, 0.15) is 32.8 Å². The molecule has 3 atom stereocenters. The molecule has 1 saturated heterocycles. The molecule has 1 aliphatic rings. The fourth-order valence-electron chi connectivity index (χ4n) is 3.03. The molecule has 122 valence electrons. The summed E-state index contributed by atoms with van der Waals surface area (Å²) in [6, 6.07) is 5.48. The van der Waals surface area contributed by atoms with Crippen molar-refractivity contribution in [3.63, 3.8) is 0 Å². The second-order valence-electron chi connectivity index (χ2n) is 6.20. The van der Waals surface area contributed by atoms with Crippen LogP contribution in [0, 0.1) is 6.92 Å². The molecule has 0 saturated carbocycles. The highest BCUT2D eigenvalue weighted by molar-refractivity contribution is 5.95. The topological polar surface area (TPSA) is 67.6 Å². The van der Waals surface area contributed by atoms with E-state index >= 15 is 0 Å². The highest BCUT2D eigenvalue weighted by atomic mass is 16.5. The standard InChI is InChI=1S/C17H27N3O2/c1-5-16(20-9-12(3)22-13(4)10-20)17(21)19-14-7-6-11(2)15(18)8-14/h6-8,12-13,16H,5,9-10,18H2,1-4H3,(H,19,21). The van der Waals surface area contributed by atoms with Crippen LogP contribution < -0.4 is 11.1 Å². The van der Waals surface area contributed by atoms with Gasteiger partial charge in [-0.25, -0.2) is 0 Å². The number of ether oxygens (including phenoxy) is 1. The molecule has 0 spiro atoms. The molecule has 1 aromatic rings. The number of rotatable bonds is 4. The number of benzene rings is 1. The van der Waals surface area contributed by atoms with Crippen LogP contribution in [-0.4, -0.2) is 42.1 Å². The Bertz CT molecular complexity index is 523. The van der Waals surface area contributed by atoms with E-state index in [4.69, 9.17) is 10.5 Å². The van der Waals surface area contributed by atoms with Crippen molar-refractivity contribution in [3.05, 3.63) is 23.8 Å². The van der Waals surface area contributed by atoms with E-state index in [9.17, 15) is 4.79 Å². The maximum absolute atomic E-state index is 12.6. The second-order valence-corrected chi connectivity index (χ2v) is 6.20. The summed E-state index contributed by atoms with van der Waals surface area (Å²) >= 11 is 0. The van der Waals surface area contributed by atoms with Crippen LogP contribution in [0.4, 0.5) is 11.4 Å². The van der Waals surface area contributed by atoms with Crippen molar-refractivity contribution in [3.8, 4) is 0 Å². The van der Waals surface area contributed by atoms with Gasteiger partial charge in [-0.1, -0.05) is 13.0 Å². The van der Waals surface area contributed by atoms with E-state index in [0.29, 0.717) is 5.69 Å². The van der Waals surface area contributed by atoms with E-state index in [0.717, 1.165) is 30.8 Å². The number of nitrogens with one attached hydrogen (secondary N) is 1. The molecule has 1 heterocycles. The van der Waals surface area contributed by atoms with Crippen molar-refractivity contribution in [2.45, 2.75) is 52.4 Å². The van der Waals surface area contributed by atoms with Gasteiger partial charge in [0.2, 0.25) is 5.91 Å². The second kappa shape index (κ2) is 7.11. The minimum Gasteiger partial charge on any atom is -0.398 e. The molecule has 1 amide bonds. The number of nitrogens with zero attached hydrogens (tertiary/aromatic N) is 1. The average Bonchev–Trinajstić information content (AvgIpc) is 2.42. The fraction of sp³-hybridized carbons (Fsp3) is 0.588. The summed E-state index contributed by atoms with van der Waals surface area (Å²) in [5.41, 5.74) is 8.37. The number of aryl methyl sites for hydroxylation is 1. The summed E-state index contributed by atoms with van der Waals surface area (Å²) in [6.45, 7) is 9.66. The maximum atomic E-state index is 12.6. The largest absolute Gasteiger partial charge is 0.398 e. The van der Waals surface area contributed by atoms with Gasteiger partial charge >= 0.3 is 0 Å². The predicted octanol–water partition coefficient (Wildman–Crippen LogP) is 2.40. The molecule has 0 aromatic heterocycles. The molecule has 1 fully saturated rings. The van der Waals surface area contributed by atoms with E-state index in [-0.39, 0.29) is 24.2 Å². The molecule has 3 unspecified atom stereocenters. The number of morpholine rings is 1. The van der Waals surface area contributed by atoms with Gasteiger partial charge in [-0.05, 0) is 44.9 Å². The van der Waals surface area contributed by atoms with Gasteiger partial charge in [0.05, 0.1) is 18.2 Å². The van der Waals surface area contributed by atoms with Crippen LogP contribution >= 0.6 is 0 Å². The van der Waals surface area contributed by atoms with Gasteiger partial charge < -0.3 is 15.8 Å². The van der Waals surface area contributed by atoms with E-state index in [1.165, 1.54) is 0 Å². The summed E-state index contributed by atoms with van der Waals surface area (Å²) in [5.74, 6) is 0.0204. The van der Waals surface area contributed by atoms with E-state index in [1.807, 2.05) is 45.9 Å². The molecule has 0 aliphatic carbocycles. The van der Waals surface area contributed by atoms with Crippen LogP contribution in [0.3, 0.4) is 0 Å². The zero-order valence-corrected chi connectivity index (χ0v) is 13.9. The lowest BCUT2D eigenvalue weighted by Gasteiger charge is -2.39. The monoisotopic (exact) mass is 305 g/mol. The van der Waals surface area contributed by atoms with Gasteiger partial charge in [-0.15, -0.1) is 0 Å².